The normalized spacial score (nSPS) is 16.1. The van der Waals surface area contributed by atoms with Crippen molar-refractivity contribution in [1.82, 2.24) is 14.9 Å². The minimum Gasteiger partial charge on any atom is -0.382 e. The molecule has 0 saturated heterocycles. The average Bonchev–Trinajstić information content (AvgIpc) is 2.65. The fraction of sp³-hybridized carbons (Fsp3) is 0.667. The molecule has 1 aromatic heterocycles. The second-order valence-corrected chi connectivity index (χ2v) is 3.63. The molecule has 2 atom stereocenters. The van der Waals surface area contributed by atoms with Gasteiger partial charge in [0.05, 0.1) is 6.33 Å². The van der Waals surface area contributed by atoms with Gasteiger partial charge >= 0.3 is 6.18 Å². The van der Waals surface area contributed by atoms with E-state index in [2.05, 4.69) is 10.3 Å². The lowest BCUT2D eigenvalue weighted by Gasteiger charge is -2.19. The van der Waals surface area contributed by atoms with Crippen molar-refractivity contribution >= 4 is 0 Å². The first kappa shape index (κ1) is 13.0. The van der Waals surface area contributed by atoms with Gasteiger partial charge in [-0.2, -0.15) is 13.2 Å². The standard InChI is InChI=1S/C9H14F3N3O/c1-7(5-15-3-2-13-6-15)14-4-8(16)9(10,11)12/h2-3,6-8,14,16H,4-5H2,1H3. The molecule has 0 aromatic carbocycles. The fourth-order valence-corrected chi connectivity index (χ4v) is 1.20. The first-order valence-corrected chi connectivity index (χ1v) is 4.83. The molecule has 92 valence electrons. The minimum atomic E-state index is -4.57. The van der Waals surface area contributed by atoms with Crippen LogP contribution in [-0.2, 0) is 6.54 Å². The number of aliphatic hydroxyl groups is 1. The molecule has 1 heterocycles. The zero-order valence-electron chi connectivity index (χ0n) is 8.78. The topological polar surface area (TPSA) is 50.1 Å². The van der Waals surface area contributed by atoms with E-state index in [0.29, 0.717) is 6.54 Å². The number of imidazole rings is 1. The minimum absolute atomic E-state index is 0.175. The maximum atomic E-state index is 12.0. The highest BCUT2D eigenvalue weighted by molar-refractivity contribution is 4.77. The Labute approximate surface area is 91.1 Å². The molecular weight excluding hydrogens is 223 g/mol. The van der Waals surface area contributed by atoms with E-state index < -0.39 is 18.8 Å². The Hall–Kier alpha value is -1.08. The van der Waals surface area contributed by atoms with E-state index in [-0.39, 0.29) is 6.04 Å². The van der Waals surface area contributed by atoms with Crippen LogP contribution in [0.4, 0.5) is 13.2 Å². The lowest BCUT2D eigenvalue weighted by atomic mass is 10.3. The van der Waals surface area contributed by atoms with Crippen LogP contribution in [0, 0.1) is 0 Å². The molecule has 0 aliphatic rings. The van der Waals surface area contributed by atoms with E-state index in [9.17, 15) is 13.2 Å². The number of aliphatic hydroxyl groups excluding tert-OH is 1. The van der Waals surface area contributed by atoms with Crippen LogP contribution in [0.2, 0.25) is 0 Å². The van der Waals surface area contributed by atoms with Crippen molar-refractivity contribution < 1.29 is 18.3 Å². The molecule has 2 N–H and O–H groups in total. The molecule has 0 aliphatic heterocycles. The molecule has 1 aromatic rings. The molecule has 1 rings (SSSR count). The molecule has 2 unspecified atom stereocenters. The van der Waals surface area contributed by atoms with Crippen LogP contribution in [0.3, 0.4) is 0 Å². The summed E-state index contributed by atoms with van der Waals surface area (Å²) in [7, 11) is 0. The largest absolute Gasteiger partial charge is 0.415 e. The first-order valence-electron chi connectivity index (χ1n) is 4.83. The van der Waals surface area contributed by atoms with E-state index in [4.69, 9.17) is 5.11 Å². The van der Waals surface area contributed by atoms with Gasteiger partial charge in [0.1, 0.15) is 0 Å². The number of alkyl halides is 3. The molecule has 0 fully saturated rings. The number of nitrogens with one attached hydrogen (secondary N) is 1. The molecule has 7 heteroatoms. The SMILES string of the molecule is CC(Cn1ccnc1)NCC(O)C(F)(F)F. The molecule has 0 amide bonds. The summed E-state index contributed by atoms with van der Waals surface area (Å²) >= 11 is 0. The maximum absolute atomic E-state index is 12.0. The first-order chi connectivity index (χ1) is 7.39. The van der Waals surface area contributed by atoms with Gasteiger partial charge in [0.25, 0.3) is 0 Å². The zero-order chi connectivity index (χ0) is 12.2. The Morgan fingerprint density at radius 3 is 2.69 bits per heavy atom. The van der Waals surface area contributed by atoms with Gasteiger partial charge in [-0.3, -0.25) is 0 Å². The van der Waals surface area contributed by atoms with E-state index in [0.717, 1.165) is 0 Å². The Morgan fingerprint density at radius 2 is 2.19 bits per heavy atom. The van der Waals surface area contributed by atoms with E-state index in [1.54, 1.807) is 30.2 Å². The van der Waals surface area contributed by atoms with Crippen molar-refractivity contribution in [1.29, 1.82) is 0 Å². The number of nitrogens with zero attached hydrogens (tertiary/aromatic N) is 2. The van der Waals surface area contributed by atoms with Gasteiger partial charge in [-0.15, -0.1) is 0 Å². The van der Waals surface area contributed by atoms with Crippen molar-refractivity contribution in [3.63, 3.8) is 0 Å². The molecule has 0 radical (unpaired) electrons. The van der Waals surface area contributed by atoms with Crippen LogP contribution in [0.15, 0.2) is 18.7 Å². The Morgan fingerprint density at radius 1 is 1.50 bits per heavy atom. The summed E-state index contributed by atoms with van der Waals surface area (Å²) in [5.74, 6) is 0. The van der Waals surface area contributed by atoms with Crippen molar-refractivity contribution in [2.45, 2.75) is 31.8 Å². The van der Waals surface area contributed by atoms with E-state index in [1.165, 1.54) is 0 Å². The van der Waals surface area contributed by atoms with E-state index in [1.807, 2.05) is 0 Å². The van der Waals surface area contributed by atoms with Crippen molar-refractivity contribution in [2.24, 2.45) is 0 Å². The summed E-state index contributed by atoms with van der Waals surface area (Å²) in [5, 5.41) is 11.4. The summed E-state index contributed by atoms with van der Waals surface area (Å²) in [4.78, 5) is 3.82. The highest BCUT2D eigenvalue weighted by atomic mass is 19.4. The molecule has 0 bridgehead atoms. The Balaban J connectivity index is 2.28. The summed E-state index contributed by atoms with van der Waals surface area (Å²) in [6.45, 7) is 1.74. The smallest absolute Gasteiger partial charge is 0.382 e. The third-order valence-electron chi connectivity index (χ3n) is 2.08. The Bertz CT molecular complexity index is 299. The van der Waals surface area contributed by atoms with Gasteiger partial charge in [-0.25, -0.2) is 4.98 Å². The quantitative estimate of drug-likeness (QED) is 0.795. The van der Waals surface area contributed by atoms with Gasteiger partial charge in [-0.1, -0.05) is 0 Å². The van der Waals surface area contributed by atoms with Crippen LogP contribution in [0.5, 0.6) is 0 Å². The van der Waals surface area contributed by atoms with Gasteiger partial charge in [0.15, 0.2) is 6.10 Å². The van der Waals surface area contributed by atoms with Crippen LogP contribution in [-0.4, -0.2) is 39.5 Å². The number of halogens is 3. The van der Waals surface area contributed by atoms with Gasteiger partial charge in [-0.05, 0) is 6.92 Å². The van der Waals surface area contributed by atoms with Crippen LogP contribution >= 0.6 is 0 Å². The molecule has 0 aliphatic carbocycles. The maximum Gasteiger partial charge on any atom is 0.415 e. The van der Waals surface area contributed by atoms with Crippen LogP contribution < -0.4 is 5.32 Å². The molecule has 16 heavy (non-hydrogen) atoms. The van der Waals surface area contributed by atoms with Gasteiger partial charge in [0.2, 0.25) is 0 Å². The summed E-state index contributed by atoms with van der Waals surface area (Å²) in [6, 6.07) is -0.175. The van der Waals surface area contributed by atoms with Gasteiger partial charge < -0.3 is 15.0 Å². The number of hydrogen-bond donors (Lipinski definition) is 2. The number of hydrogen-bond acceptors (Lipinski definition) is 3. The lowest BCUT2D eigenvalue weighted by Crippen LogP contribution is -2.42. The van der Waals surface area contributed by atoms with Crippen LogP contribution in [0.1, 0.15) is 6.92 Å². The average molecular weight is 237 g/mol. The molecule has 4 nitrogen and oxygen atoms in total. The van der Waals surface area contributed by atoms with Crippen molar-refractivity contribution in [3.05, 3.63) is 18.7 Å². The van der Waals surface area contributed by atoms with Crippen LogP contribution in [0.25, 0.3) is 0 Å². The molecule has 0 saturated carbocycles. The third-order valence-corrected chi connectivity index (χ3v) is 2.08. The molecular formula is C9H14F3N3O. The zero-order valence-corrected chi connectivity index (χ0v) is 8.78. The van der Waals surface area contributed by atoms with Crippen molar-refractivity contribution in [3.8, 4) is 0 Å². The second-order valence-electron chi connectivity index (χ2n) is 3.63. The second kappa shape index (κ2) is 5.31. The van der Waals surface area contributed by atoms with Gasteiger partial charge in [0, 0.05) is 31.5 Å². The summed E-state index contributed by atoms with van der Waals surface area (Å²) in [5.41, 5.74) is 0. The number of aromatic nitrogens is 2. The van der Waals surface area contributed by atoms with E-state index >= 15 is 0 Å². The summed E-state index contributed by atoms with van der Waals surface area (Å²) < 4.78 is 37.7. The highest BCUT2D eigenvalue weighted by Crippen LogP contribution is 2.19. The predicted molar refractivity (Wildman–Crippen MR) is 51.8 cm³/mol. The molecule has 0 spiro atoms. The highest BCUT2D eigenvalue weighted by Gasteiger charge is 2.37. The fourth-order valence-electron chi connectivity index (χ4n) is 1.20. The van der Waals surface area contributed by atoms with Crippen molar-refractivity contribution in [2.75, 3.05) is 6.54 Å². The predicted octanol–water partition coefficient (Wildman–Crippen LogP) is 0.784. The number of rotatable bonds is 5. The third kappa shape index (κ3) is 4.19. The Kier molecular flexibility index (Phi) is 4.31. The summed E-state index contributed by atoms with van der Waals surface area (Å²) in [6.07, 6.45) is -1.99. The lowest BCUT2D eigenvalue weighted by molar-refractivity contribution is -0.202. The monoisotopic (exact) mass is 237 g/mol.